The molecule has 6 heteroatoms. The summed E-state index contributed by atoms with van der Waals surface area (Å²) in [7, 11) is -3.02. The molecule has 0 spiro atoms. The van der Waals surface area contributed by atoms with Crippen molar-refractivity contribution in [3.05, 3.63) is 35.4 Å². The molecule has 5 nitrogen and oxygen atoms in total. The Bertz CT molecular complexity index is 609. The van der Waals surface area contributed by atoms with Crippen molar-refractivity contribution in [2.45, 2.75) is 46.0 Å². The largest absolute Gasteiger partial charge is 0.334 e. The van der Waals surface area contributed by atoms with Crippen LogP contribution in [0.25, 0.3) is 0 Å². The van der Waals surface area contributed by atoms with Gasteiger partial charge in [-0.2, -0.15) is 0 Å². The standard InChI is InChI=1S/C17H28N2O3S/c1-6-19(14(4)13(2)3)17(20)18-11-15-7-9-16(10-8-15)12-23(5,21)22/h7-10,13-14H,6,11-12H2,1-5H3,(H,18,20). The number of sulfone groups is 1. The van der Waals surface area contributed by atoms with E-state index in [0.29, 0.717) is 19.0 Å². The molecule has 1 N–H and O–H groups in total. The Morgan fingerprint density at radius 3 is 2.09 bits per heavy atom. The van der Waals surface area contributed by atoms with Crippen LogP contribution >= 0.6 is 0 Å². The van der Waals surface area contributed by atoms with Gasteiger partial charge >= 0.3 is 6.03 Å². The van der Waals surface area contributed by atoms with Gasteiger partial charge in [-0.3, -0.25) is 0 Å². The van der Waals surface area contributed by atoms with E-state index >= 15 is 0 Å². The van der Waals surface area contributed by atoms with Gasteiger partial charge in [-0.15, -0.1) is 0 Å². The number of carbonyl (C=O) groups is 1. The smallest absolute Gasteiger partial charge is 0.317 e. The maximum Gasteiger partial charge on any atom is 0.317 e. The normalized spacial score (nSPS) is 13.0. The van der Waals surface area contributed by atoms with Crippen molar-refractivity contribution in [2.75, 3.05) is 12.8 Å². The van der Waals surface area contributed by atoms with Crippen LogP contribution in [0.4, 0.5) is 4.79 Å². The van der Waals surface area contributed by atoms with Crippen LogP contribution in [0.3, 0.4) is 0 Å². The summed E-state index contributed by atoms with van der Waals surface area (Å²) in [4.78, 5) is 14.1. The van der Waals surface area contributed by atoms with E-state index in [1.165, 1.54) is 6.26 Å². The van der Waals surface area contributed by atoms with Gasteiger partial charge in [0.2, 0.25) is 0 Å². The first kappa shape index (κ1) is 19.5. The van der Waals surface area contributed by atoms with Gasteiger partial charge in [-0.25, -0.2) is 13.2 Å². The quantitative estimate of drug-likeness (QED) is 0.830. The maximum atomic E-state index is 12.3. The summed E-state index contributed by atoms with van der Waals surface area (Å²) in [6, 6.07) is 7.38. The van der Waals surface area contributed by atoms with E-state index in [-0.39, 0.29) is 17.8 Å². The zero-order chi connectivity index (χ0) is 17.6. The van der Waals surface area contributed by atoms with Crippen molar-refractivity contribution in [1.82, 2.24) is 10.2 Å². The number of nitrogens with zero attached hydrogens (tertiary/aromatic N) is 1. The maximum absolute atomic E-state index is 12.3. The van der Waals surface area contributed by atoms with Crippen LogP contribution in [0.1, 0.15) is 38.8 Å². The molecule has 0 aromatic heterocycles. The van der Waals surface area contributed by atoms with E-state index in [4.69, 9.17) is 0 Å². The van der Waals surface area contributed by atoms with Gasteiger partial charge in [0.25, 0.3) is 0 Å². The fraction of sp³-hybridized carbons (Fsp3) is 0.588. The first-order valence-corrected chi connectivity index (χ1v) is 10.00. The minimum Gasteiger partial charge on any atom is -0.334 e. The van der Waals surface area contributed by atoms with Crippen molar-refractivity contribution >= 4 is 15.9 Å². The minimum atomic E-state index is -3.02. The average molecular weight is 340 g/mol. The first-order valence-electron chi connectivity index (χ1n) is 7.94. The Morgan fingerprint density at radius 1 is 1.13 bits per heavy atom. The number of hydrogen-bond acceptors (Lipinski definition) is 3. The molecule has 0 aliphatic heterocycles. The number of benzene rings is 1. The number of nitrogens with one attached hydrogen (secondary N) is 1. The van der Waals surface area contributed by atoms with Crippen molar-refractivity contribution in [2.24, 2.45) is 5.92 Å². The predicted octanol–water partition coefficient (Wildman–Crippen LogP) is 2.81. The lowest BCUT2D eigenvalue weighted by molar-refractivity contribution is 0.165. The molecule has 1 unspecified atom stereocenters. The molecule has 0 saturated heterocycles. The topological polar surface area (TPSA) is 66.5 Å². The Morgan fingerprint density at radius 2 is 1.65 bits per heavy atom. The molecular weight excluding hydrogens is 312 g/mol. The molecule has 1 aromatic rings. The molecule has 130 valence electrons. The van der Waals surface area contributed by atoms with Gasteiger partial charge in [-0.1, -0.05) is 38.1 Å². The molecule has 1 atom stereocenters. The highest BCUT2D eigenvalue weighted by Crippen LogP contribution is 2.11. The third-order valence-electron chi connectivity index (χ3n) is 3.95. The van der Waals surface area contributed by atoms with Crippen LogP contribution in [0.2, 0.25) is 0 Å². The second kappa shape index (κ2) is 8.34. The Hall–Kier alpha value is -1.56. The molecule has 0 aliphatic rings. The Balaban J connectivity index is 2.62. The van der Waals surface area contributed by atoms with Crippen LogP contribution in [0.15, 0.2) is 24.3 Å². The summed E-state index contributed by atoms with van der Waals surface area (Å²) in [5, 5.41) is 2.92. The van der Waals surface area contributed by atoms with Crippen LogP contribution in [0, 0.1) is 5.92 Å². The highest BCUT2D eigenvalue weighted by molar-refractivity contribution is 7.89. The van der Waals surface area contributed by atoms with E-state index in [9.17, 15) is 13.2 Å². The fourth-order valence-electron chi connectivity index (χ4n) is 2.31. The molecule has 0 heterocycles. The minimum absolute atomic E-state index is 0.0369. The van der Waals surface area contributed by atoms with Gasteiger partial charge in [-0.05, 0) is 30.9 Å². The molecule has 0 fully saturated rings. The summed E-state index contributed by atoms with van der Waals surface area (Å²) in [6.07, 6.45) is 1.22. The fourth-order valence-corrected chi connectivity index (χ4v) is 3.11. The summed E-state index contributed by atoms with van der Waals surface area (Å²) >= 11 is 0. The lowest BCUT2D eigenvalue weighted by Crippen LogP contribution is -2.46. The first-order chi connectivity index (χ1) is 10.6. The molecular formula is C17H28N2O3S. The van der Waals surface area contributed by atoms with E-state index in [1.54, 1.807) is 12.1 Å². The van der Waals surface area contributed by atoms with Crippen molar-refractivity contribution in [1.29, 1.82) is 0 Å². The second-order valence-electron chi connectivity index (χ2n) is 6.32. The zero-order valence-corrected chi connectivity index (χ0v) is 15.5. The molecule has 23 heavy (non-hydrogen) atoms. The van der Waals surface area contributed by atoms with E-state index in [2.05, 4.69) is 19.2 Å². The summed E-state index contributed by atoms with van der Waals surface area (Å²) in [6.45, 7) is 9.31. The Kier molecular flexibility index (Phi) is 7.06. The van der Waals surface area contributed by atoms with Crippen molar-refractivity contribution in [3.63, 3.8) is 0 Å². The Labute approximate surface area is 140 Å². The van der Waals surface area contributed by atoms with Crippen molar-refractivity contribution < 1.29 is 13.2 Å². The number of amides is 2. The van der Waals surface area contributed by atoms with E-state index in [1.807, 2.05) is 30.9 Å². The van der Waals surface area contributed by atoms with Crippen LogP contribution in [0.5, 0.6) is 0 Å². The van der Waals surface area contributed by atoms with Crippen LogP contribution < -0.4 is 5.32 Å². The van der Waals surface area contributed by atoms with Gasteiger partial charge in [0.05, 0.1) is 5.75 Å². The summed E-state index contributed by atoms with van der Waals surface area (Å²) in [5.41, 5.74) is 1.70. The average Bonchev–Trinajstić information content (AvgIpc) is 2.45. The number of urea groups is 1. The third-order valence-corrected chi connectivity index (χ3v) is 4.81. The number of carbonyl (C=O) groups excluding carboxylic acids is 1. The number of rotatable bonds is 7. The highest BCUT2D eigenvalue weighted by Gasteiger charge is 2.20. The zero-order valence-electron chi connectivity index (χ0n) is 14.7. The second-order valence-corrected chi connectivity index (χ2v) is 8.46. The molecule has 2 amide bonds. The number of hydrogen-bond donors (Lipinski definition) is 1. The molecule has 1 aromatic carbocycles. The lowest BCUT2D eigenvalue weighted by Gasteiger charge is -2.30. The van der Waals surface area contributed by atoms with Gasteiger partial charge in [0.15, 0.2) is 9.84 Å². The molecule has 0 radical (unpaired) electrons. The van der Waals surface area contributed by atoms with Crippen LogP contribution in [-0.4, -0.2) is 38.2 Å². The summed E-state index contributed by atoms with van der Waals surface area (Å²) < 4.78 is 22.5. The predicted molar refractivity (Wildman–Crippen MR) is 93.9 cm³/mol. The third kappa shape index (κ3) is 6.60. The summed E-state index contributed by atoms with van der Waals surface area (Å²) in [5.74, 6) is 0.436. The van der Waals surface area contributed by atoms with Gasteiger partial charge < -0.3 is 10.2 Å². The molecule has 0 aliphatic carbocycles. The van der Waals surface area contributed by atoms with Gasteiger partial charge in [0.1, 0.15) is 0 Å². The van der Waals surface area contributed by atoms with Crippen LogP contribution in [-0.2, 0) is 22.1 Å². The SMILES string of the molecule is CCN(C(=O)NCc1ccc(CS(C)(=O)=O)cc1)C(C)C(C)C. The van der Waals surface area contributed by atoms with Gasteiger partial charge in [0, 0.05) is 25.4 Å². The molecule has 1 rings (SSSR count). The lowest BCUT2D eigenvalue weighted by atomic mass is 10.1. The molecule has 0 bridgehead atoms. The monoisotopic (exact) mass is 340 g/mol. The van der Waals surface area contributed by atoms with E-state index in [0.717, 1.165) is 11.1 Å². The van der Waals surface area contributed by atoms with E-state index < -0.39 is 9.84 Å². The highest BCUT2D eigenvalue weighted by atomic mass is 32.2. The molecule has 0 saturated carbocycles. The van der Waals surface area contributed by atoms with Crippen molar-refractivity contribution in [3.8, 4) is 0 Å².